The Labute approximate surface area is 167 Å². The van der Waals surface area contributed by atoms with Crippen LogP contribution in [0.3, 0.4) is 0 Å². The molecule has 1 saturated heterocycles. The molecule has 4 rings (SSSR count). The summed E-state index contributed by atoms with van der Waals surface area (Å²) in [7, 11) is 0. The molecular formula is C19H25N3O7. The summed E-state index contributed by atoms with van der Waals surface area (Å²) in [6.45, 7) is 2.65. The molecule has 1 aromatic rings. The second-order valence-corrected chi connectivity index (χ2v) is 7.38. The standard InChI is InChI=1S/C19H25N3O7/c1-12(28-19(25)29-13-5-3-2-4-6-13)27-17-14(23)7-8-22-16(17)18(24)21-9-10-26-11-15(21)20-22/h7-8,12-13,15,20H,2-6,9-11H2,1H3/t12?,15-/m0/s1. The highest BCUT2D eigenvalue weighted by atomic mass is 16.8. The molecule has 3 aliphatic rings. The van der Waals surface area contributed by atoms with Crippen LogP contribution in [0.2, 0.25) is 0 Å². The smallest absolute Gasteiger partial charge is 0.448 e. The summed E-state index contributed by atoms with van der Waals surface area (Å²) in [6, 6.07) is 1.28. The fourth-order valence-electron chi connectivity index (χ4n) is 3.86. The minimum absolute atomic E-state index is 0.0618. The lowest BCUT2D eigenvalue weighted by Gasteiger charge is -2.41. The van der Waals surface area contributed by atoms with Crippen LogP contribution in [-0.2, 0) is 14.2 Å². The molecule has 0 aromatic carbocycles. The third-order valence-corrected chi connectivity index (χ3v) is 5.30. The number of rotatable bonds is 4. The van der Waals surface area contributed by atoms with Gasteiger partial charge in [0.2, 0.25) is 17.5 Å². The van der Waals surface area contributed by atoms with E-state index < -0.39 is 17.9 Å². The molecule has 1 unspecified atom stereocenters. The molecule has 0 spiro atoms. The number of fused-ring (bicyclic) bond motifs is 2. The van der Waals surface area contributed by atoms with Gasteiger partial charge < -0.3 is 29.3 Å². The maximum absolute atomic E-state index is 12.9. The fraction of sp³-hybridized carbons (Fsp3) is 0.632. The predicted octanol–water partition coefficient (Wildman–Crippen LogP) is 1.41. The third-order valence-electron chi connectivity index (χ3n) is 5.30. The largest absolute Gasteiger partial charge is 0.511 e. The Kier molecular flexibility index (Phi) is 5.61. The van der Waals surface area contributed by atoms with Crippen LogP contribution in [0.1, 0.15) is 49.5 Å². The maximum Gasteiger partial charge on any atom is 0.511 e. The number of carbonyl (C=O) groups is 2. The Morgan fingerprint density at radius 1 is 1.28 bits per heavy atom. The van der Waals surface area contributed by atoms with E-state index >= 15 is 0 Å². The average Bonchev–Trinajstić information content (AvgIpc) is 2.71. The zero-order valence-corrected chi connectivity index (χ0v) is 16.3. The molecule has 1 amide bonds. The molecule has 1 aliphatic carbocycles. The Hall–Kier alpha value is -2.75. The van der Waals surface area contributed by atoms with E-state index in [1.165, 1.54) is 23.9 Å². The molecule has 158 valence electrons. The lowest BCUT2D eigenvalue weighted by Crippen LogP contribution is -2.59. The monoisotopic (exact) mass is 407 g/mol. The summed E-state index contributed by atoms with van der Waals surface area (Å²) < 4.78 is 22.9. The van der Waals surface area contributed by atoms with Crippen LogP contribution in [0.5, 0.6) is 5.75 Å². The molecule has 1 saturated carbocycles. The van der Waals surface area contributed by atoms with E-state index in [1.807, 2.05) is 0 Å². The van der Waals surface area contributed by atoms with Crippen molar-refractivity contribution in [3.8, 4) is 5.75 Å². The average molecular weight is 407 g/mol. The molecule has 29 heavy (non-hydrogen) atoms. The molecule has 0 bridgehead atoms. The number of carbonyl (C=O) groups excluding carboxylic acids is 2. The summed E-state index contributed by atoms with van der Waals surface area (Å²) in [4.78, 5) is 39.0. The second-order valence-electron chi connectivity index (χ2n) is 7.38. The van der Waals surface area contributed by atoms with Gasteiger partial charge in [-0.3, -0.25) is 14.3 Å². The summed E-state index contributed by atoms with van der Waals surface area (Å²) in [6.07, 6.45) is 3.88. The number of hydrogen-bond acceptors (Lipinski definition) is 8. The second kappa shape index (κ2) is 8.32. The van der Waals surface area contributed by atoms with Gasteiger partial charge in [-0.25, -0.2) is 4.79 Å². The minimum atomic E-state index is -1.10. The van der Waals surface area contributed by atoms with Gasteiger partial charge in [-0.2, -0.15) is 0 Å². The van der Waals surface area contributed by atoms with Crippen LogP contribution in [0.15, 0.2) is 17.1 Å². The van der Waals surface area contributed by atoms with E-state index in [0.717, 1.165) is 32.1 Å². The lowest BCUT2D eigenvalue weighted by molar-refractivity contribution is -0.0694. The zero-order chi connectivity index (χ0) is 20.4. The number of nitrogens with zero attached hydrogens (tertiary/aromatic N) is 2. The highest BCUT2D eigenvalue weighted by molar-refractivity contribution is 5.96. The van der Waals surface area contributed by atoms with E-state index in [4.69, 9.17) is 18.9 Å². The topological polar surface area (TPSA) is 108 Å². The van der Waals surface area contributed by atoms with Crippen LogP contribution >= 0.6 is 0 Å². The summed E-state index contributed by atoms with van der Waals surface area (Å²) in [5.41, 5.74) is 2.69. The van der Waals surface area contributed by atoms with Crippen molar-refractivity contribution in [2.45, 2.75) is 57.6 Å². The van der Waals surface area contributed by atoms with Crippen molar-refractivity contribution in [1.29, 1.82) is 0 Å². The van der Waals surface area contributed by atoms with Gasteiger partial charge in [0, 0.05) is 25.7 Å². The van der Waals surface area contributed by atoms with Crippen molar-refractivity contribution >= 4 is 12.1 Å². The van der Waals surface area contributed by atoms with Crippen LogP contribution in [-0.4, -0.2) is 60.0 Å². The van der Waals surface area contributed by atoms with Crippen LogP contribution in [0.25, 0.3) is 0 Å². The van der Waals surface area contributed by atoms with Gasteiger partial charge in [-0.15, -0.1) is 0 Å². The first-order valence-corrected chi connectivity index (χ1v) is 9.98. The number of morpholine rings is 1. The Morgan fingerprint density at radius 2 is 2.07 bits per heavy atom. The Bertz CT molecular complexity index is 834. The van der Waals surface area contributed by atoms with Gasteiger partial charge in [0.1, 0.15) is 12.3 Å². The van der Waals surface area contributed by atoms with Gasteiger partial charge in [0.15, 0.2) is 5.69 Å². The number of amides is 1. The van der Waals surface area contributed by atoms with Crippen molar-refractivity contribution in [3.05, 3.63) is 28.2 Å². The number of ether oxygens (including phenoxy) is 4. The summed E-state index contributed by atoms with van der Waals surface area (Å²) in [5.74, 6) is -0.519. The molecule has 10 heteroatoms. The molecule has 2 fully saturated rings. The Balaban J connectivity index is 1.46. The molecule has 2 aliphatic heterocycles. The molecule has 3 heterocycles. The van der Waals surface area contributed by atoms with Gasteiger partial charge in [0.05, 0.1) is 13.2 Å². The third kappa shape index (κ3) is 4.16. The molecule has 1 N–H and O–H groups in total. The highest BCUT2D eigenvalue weighted by Crippen LogP contribution is 2.24. The predicted molar refractivity (Wildman–Crippen MR) is 100 cm³/mol. The minimum Gasteiger partial charge on any atom is -0.448 e. The first-order chi connectivity index (χ1) is 14.0. The van der Waals surface area contributed by atoms with E-state index in [9.17, 15) is 14.4 Å². The summed E-state index contributed by atoms with van der Waals surface area (Å²) >= 11 is 0. The van der Waals surface area contributed by atoms with Gasteiger partial charge in [0.25, 0.3) is 5.91 Å². The van der Waals surface area contributed by atoms with Crippen molar-refractivity contribution in [3.63, 3.8) is 0 Å². The van der Waals surface area contributed by atoms with E-state index in [0.29, 0.717) is 19.8 Å². The fourth-order valence-corrected chi connectivity index (χ4v) is 3.86. The molecular weight excluding hydrogens is 382 g/mol. The van der Waals surface area contributed by atoms with Gasteiger partial charge >= 0.3 is 6.16 Å². The van der Waals surface area contributed by atoms with Gasteiger partial charge in [-0.1, -0.05) is 6.42 Å². The van der Waals surface area contributed by atoms with Crippen molar-refractivity contribution in [2.75, 3.05) is 25.2 Å². The molecule has 0 radical (unpaired) electrons. The number of aromatic nitrogens is 1. The van der Waals surface area contributed by atoms with E-state index in [-0.39, 0.29) is 29.6 Å². The number of pyridine rings is 1. The lowest BCUT2D eigenvalue weighted by atomic mass is 9.98. The van der Waals surface area contributed by atoms with Crippen molar-refractivity contribution in [2.24, 2.45) is 0 Å². The normalized spacial score (nSPS) is 22.7. The van der Waals surface area contributed by atoms with Crippen LogP contribution in [0.4, 0.5) is 4.79 Å². The first kappa shape index (κ1) is 19.6. The zero-order valence-electron chi connectivity index (χ0n) is 16.3. The number of nitrogens with one attached hydrogen (secondary N) is 1. The van der Waals surface area contributed by atoms with Gasteiger partial charge in [-0.05, 0) is 25.7 Å². The van der Waals surface area contributed by atoms with Crippen LogP contribution < -0.4 is 15.6 Å². The number of hydrogen-bond donors (Lipinski definition) is 1. The quantitative estimate of drug-likeness (QED) is 0.590. The maximum atomic E-state index is 12.9. The van der Waals surface area contributed by atoms with Crippen molar-refractivity contribution < 1.29 is 28.5 Å². The van der Waals surface area contributed by atoms with E-state index in [1.54, 1.807) is 4.90 Å². The summed E-state index contributed by atoms with van der Waals surface area (Å²) in [5, 5.41) is 0. The van der Waals surface area contributed by atoms with Crippen LogP contribution in [0, 0.1) is 0 Å². The van der Waals surface area contributed by atoms with Crippen molar-refractivity contribution in [1.82, 2.24) is 9.58 Å². The Morgan fingerprint density at radius 3 is 2.86 bits per heavy atom. The molecule has 10 nitrogen and oxygen atoms in total. The van der Waals surface area contributed by atoms with E-state index in [2.05, 4.69) is 5.43 Å². The SMILES string of the molecule is CC(OC(=O)OC1CCCCC1)Oc1c2n(ccc1=O)N[C@@H]1COCCN1C2=O. The highest BCUT2D eigenvalue weighted by Gasteiger charge is 2.37. The molecule has 1 aromatic heterocycles. The first-order valence-electron chi connectivity index (χ1n) is 9.98. The molecule has 2 atom stereocenters.